The van der Waals surface area contributed by atoms with Gasteiger partial charge in [-0.25, -0.2) is 0 Å². The third kappa shape index (κ3) is 3.64. The van der Waals surface area contributed by atoms with Gasteiger partial charge in [0.25, 0.3) is 0 Å². The van der Waals surface area contributed by atoms with Crippen LogP contribution in [-0.2, 0) is 4.74 Å². The van der Waals surface area contributed by atoms with Crippen molar-refractivity contribution >= 4 is 16.9 Å². The van der Waals surface area contributed by atoms with E-state index in [1.165, 1.54) is 44.3 Å². The highest BCUT2D eigenvalue weighted by Gasteiger charge is 2.38. The number of methoxy groups -OCH3 is 1. The molecule has 1 aliphatic heterocycles. The molecular formula is C14H26N2OS. The fourth-order valence-electron chi connectivity index (χ4n) is 2.95. The minimum atomic E-state index is 0.328. The number of amidine groups is 1. The van der Waals surface area contributed by atoms with Crippen LogP contribution in [0.25, 0.3) is 0 Å². The first-order valence-electron chi connectivity index (χ1n) is 7.26. The third-order valence-electron chi connectivity index (χ3n) is 3.95. The number of ether oxygens (including phenoxy) is 1. The summed E-state index contributed by atoms with van der Waals surface area (Å²) >= 11 is 1.91. The normalized spacial score (nSPS) is 26.4. The van der Waals surface area contributed by atoms with Crippen LogP contribution in [0.1, 0.15) is 51.9 Å². The summed E-state index contributed by atoms with van der Waals surface area (Å²) in [5.74, 6) is 1.21. The molecule has 1 spiro atoms. The zero-order valence-electron chi connectivity index (χ0n) is 11.7. The van der Waals surface area contributed by atoms with E-state index in [4.69, 9.17) is 9.73 Å². The van der Waals surface area contributed by atoms with Crippen LogP contribution in [0.2, 0.25) is 0 Å². The highest BCUT2D eigenvalue weighted by molar-refractivity contribution is 8.14. The maximum absolute atomic E-state index is 5.26. The summed E-state index contributed by atoms with van der Waals surface area (Å²) in [6, 6.07) is 0.328. The molecule has 2 fully saturated rings. The van der Waals surface area contributed by atoms with Gasteiger partial charge in [-0.3, -0.25) is 4.99 Å². The molecule has 0 bridgehead atoms. The largest absolute Gasteiger partial charge is 0.382 e. The molecule has 4 heteroatoms. The Labute approximate surface area is 115 Å². The summed E-state index contributed by atoms with van der Waals surface area (Å²) in [6.07, 6.45) is 9.08. The van der Waals surface area contributed by atoms with Crippen molar-refractivity contribution in [3.05, 3.63) is 0 Å². The van der Waals surface area contributed by atoms with E-state index in [9.17, 15) is 0 Å². The Kier molecular flexibility index (Phi) is 5.37. The van der Waals surface area contributed by atoms with Crippen molar-refractivity contribution in [3.63, 3.8) is 0 Å². The second kappa shape index (κ2) is 6.80. The predicted octanol–water partition coefficient (Wildman–Crippen LogP) is 3.20. The first-order valence-corrected chi connectivity index (χ1v) is 8.24. The Bertz CT molecular complexity index is 282. The SMILES string of the molecule is CCCC(COC)N=C1NC2(CCCCC2)CS1. The molecule has 0 amide bonds. The summed E-state index contributed by atoms with van der Waals surface area (Å²) in [6.45, 7) is 2.95. The Morgan fingerprint density at radius 1 is 1.39 bits per heavy atom. The lowest BCUT2D eigenvalue weighted by atomic mass is 9.83. The molecular weight excluding hydrogens is 244 g/mol. The fourth-order valence-corrected chi connectivity index (χ4v) is 4.24. The maximum atomic E-state index is 5.26. The van der Waals surface area contributed by atoms with Gasteiger partial charge in [0.15, 0.2) is 5.17 Å². The van der Waals surface area contributed by atoms with Crippen molar-refractivity contribution in [2.24, 2.45) is 4.99 Å². The number of nitrogens with zero attached hydrogens (tertiary/aromatic N) is 1. The van der Waals surface area contributed by atoms with E-state index in [-0.39, 0.29) is 0 Å². The van der Waals surface area contributed by atoms with Gasteiger partial charge in [-0.15, -0.1) is 0 Å². The molecule has 0 aromatic heterocycles. The number of nitrogens with one attached hydrogen (secondary N) is 1. The van der Waals surface area contributed by atoms with E-state index < -0.39 is 0 Å². The van der Waals surface area contributed by atoms with Gasteiger partial charge in [0.2, 0.25) is 0 Å². The van der Waals surface area contributed by atoms with Crippen LogP contribution in [0.3, 0.4) is 0 Å². The van der Waals surface area contributed by atoms with Crippen molar-refractivity contribution in [2.45, 2.75) is 63.5 Å². The Hall–Kier alpha value is -0.220. The van der Waals surface area contributed by atoms with Crippen molar-refractivity contribution in [2.75, 3.05) is 19.5 Å². The van der Waals surface area contributed by atoms with Crippen LogP contribution in [-0.4, -0.2) is 36.2 Å². The van der Waals surface area contributed by atoms with Crippen molar-refractivity contribution < 1.29 is 4.74 Å². The van der Waals surface area contributed by atoms with E-state index in [1.807, 2.05) is 11.8 Å². The van der Waals surface area contributed by atoms with Crippen LogP contribution < -0.4 is 5.32 Å². The van der Waals surface area contributed by atoms with Gasteiger partial charge in [-0.1, -0.05) is 44.4 Å². The molecule has 0 aromatic rings. The number of rotatable bonds is 5. The van der Waals surface area contributed by atoms with Crippen molar-refractivity contribution in [1.29, 1.82) is 0 Å². The second-order valence-electron chi connectivity index (χ2n) is 5.59. The molecule has 1 aliphatic carbocycles. The Balaban J connectivity index is 1.93. The predicted molar refractivity (Wildman–Crippen MR) is 79.4 cm³/mol. The van der Waals surface area contributed by atoms with Gasteiger partial charge >= 0.3 is 0 Å². The summed E-state index contributed by atoms with van der Waals surface area (Å²) in [5, 5.41) is 4.87. The maximum Gasteiger partial charge on any atom is 0.157 e. The monoisotopic (exact) mass is 270 g/mol. The molecule has 104 valence electrons. The molecule has 18 heavy (non-hydrogen) atoms. The molecule has 0 aromatic carbocycles. The fraction of sp³-hybridized carbons (Fsp3) is 0.929. The number of aliphatic imine (C=N–C) groups is 1. The van der Waals surface area contributed by atoms with E-state index in [0.29, 0.717) is 11.6 Å². The molecule has 2 rings (SSSR count). The van der Waals surface area contributed by atoms with E-state index in [1.54, 1.807) is 7.11 Å². The van der Waals surface area contributed by atoms with Crippen LogP contribution in [0.15, 0.2) is 4.99 Å². The van der Waals surface area contributed by atoms with Crippen LogP contribution in [0, 0.1) is 0 Å². The standard InChI is InChI=1S/C14H26N2OS/c1-3-7-12(10-17-2)15-13-16-14(11-18-13)8-5-4-6-9-14/h12H,3-11H2,1-2H3,(H,15,16). The van der Waals surface area contributed by atoms with Gasteiger partial charge in [0.1, 0.15) is 0 Å². The molecule has 1 N–H and O–H groups in total. The molecule has 3 nitrogen and oxygen atoms in total. The minimum absolute atomic E-state index is 0.328. The van der Waals surface area contributed by atoms with Gasteiger partial charge in [-0.05, 0) is 19.3 Å². The summed E-state index contributed by atoms with van der Waals surface area (Å²) in [7, 11) is 1.76. The molecule has 0 radical (unpaired) electrons. The smallest absolute Gasteiger partial charge is 0.157 e. The Morgan fingerprint density at radius 2 is 2.17 bits per heavy atom. The molecule has 2 aliphatic rings. The lowest BCUT2D eigenvalue weighted by Crippen LogP contribution is -2.45. The average Bonchev–Trinajstić information content (AvgIpc) is 2.74. The first-order chi connectivity index (χ1) is 8.78. The number of hydrogen-bond acceptors (Lipinski definition) is 3. The lowest BCUT2D eigenvalue weighted by Gasteiger charge is -2.32. The summed E-state index contributed by atoms with van der Waals surface area (Å²) in [4.78, 5) is 4.85. The Morgan fingerprint density at radius 3 is 2.83 bits per heavy atom. The third-order valence-corrected chi connectivity index (χ3v) is 5.13. The van der Waals surface area contributed by atoms with Gasteiger partial charge in [0, 0.05) is 18.4 Å². The highest BCUT2D eigenvalue weighted by Crippen LogP contribution is 2.36. The summed E-state index contributed by atoms with van der Waals surface area (Å²) < 4.78 is 5.26. The molecule has 1 atom stereocenters. The number of hydrogen-bond donors (Lipinski definition) is 1. The molecule has 1 saturated carbocycles. The second-order valence-corrected chi connectivity index (χ2v) is 6.55. The quantitative estimate of drug-likeness (QED) is 0.833. The van der Waals surface area contributed by atoms with Crippen molar-refractivity contribution in [3.8, 4) is 0 Å². The molecule has 1 unspecified atom stereocenters. The van der Waals surface area contributed by atoms with E-state index in [0.717, 1.165) is 18.2 Å². The lowest BCUT2D eigenvalue weighted by molar-refractivity contribution is 0.177. The molecule has 1 heterocycles. The molecule has 1 saturated heterocycles. The number of thioether (sulfide) groups is 1. The van der Waals surface area contributed by atoms with E-state index in [2.05, 4.69) is 12.2 Å². The van der Waals surface area contributed by atoms with Gasteiger partial charge in [-0.2, -0.15) is 0 Å². The average molecular weight is 270 g/mol. The summed E-state index contributed by atoms with van der Waals surface area (Å²) in [5.41, 5.74) is 0.367. The minimum Gasteiger partial charge on any atom is -0.382 e. The highest BCUT2D eigenvalue weighted by atomic mass is 32.2. The van der Waals surface area contributed by atoms with E-state index >= 15 is 0 Å². The van der Waals surface area contributed by atoms with Crippen LogP contribution in [0.5, 0.6) is 0 Å². The first kappa shape index (κ1) is 14.2. The van der Waals surface area contributed by atoms with Crippen LogP contribution in [0.4, 0.5) is 0 Å². The zero-order chi connectivity index (χ0) is 12.8. The zero-order valence-corrected chi connectivity index (χ0v) is 12.5. The van der Waals surface area contributed by atoms with Gasteiger partial charge < -0.3 is 10.1 Å². The van der Waals surface area contributed by atoms with Gasteiger partial charge in [0.05, 0.1) is 12.6 Å². The van der Waals surface area contributed by atoms with Crippen molar-refractivity contribution in [1.82, 2.24) is 5.32 Å². The van der Waals surface area contributed by atoms with Crippen LogP contribution >= 0.6 is 11.8 Å². The topological polar surface area (TPSA) is 33.6 Å².